The van der Waals surface area contributed by atoms with Crippen molar-refractivity contribution in [3.63, 3.8) is 0 Å². The van der Waals surface area contributed by atoms with Crippen molar-refractivity contribution in [3.8, 4) is 0 Å². The molecule has 0 saturated carbocycles. The van der Waals surface area contributed by atoms with Crippen molar-refractivity contribution >= 4 is 8.69 Å². The zero-order chi connectivity index (χ0) is 6.12. The van der Waals surface area contributed by atoms with E-state index in [0.29, 0.717) is 0 Å². The van der Waals surface area contributed by atoms with Gasteiger partial charge in [0.1, 0.15) is 0 Å². The Labute approximate surface area is 54.6 Å². The van der Waals surface area contributed by atoms with Crippen molar-refractivity contribution in [3.05, 3.63) is 12.7 Å². The zero-order valence-corrected chi connectivity index (χ0v) is 7.86. The van der Waals surface area contributed by atoms with Crippen molar-refractivity contribution in [1.29, 1.82) is 0 Å². The molecule has 0 heterocycles. The zero-order valence-electron chi connectivity index (χ0n) is 4.00. The minimum atomic E-state index is -0.833. The Morgan fingerprint density at radius 2 is 2.14 bits per heavy atom. The summed E-state index contributed by atoms with van der Waals surface area (Å²) in [4.78, 5) is 6.99. The average Bonchev–Trinajstić information content (AvgIpc) is 1.69. The van der Waals surface area contributed by atoms with Crippen LogP contribution in [-0.2, 0) is 22.9 Å². The number of allylic oxidation sites excluding steroid dienone is 1. The molecule has 0 rings (SSSR count). The van der Waals surface area contributed by atoms with Crippen LogP contribution in [0.25, 0.3) is 0 Å². The maximum absolute atomic E-state index is 8.46. The summed E-state index contributed by atoms with van der Waals surface area (Å²) >= 11 is 1.35. The smallest absolute Gasteiger partial charge is 0.310 e. The largest absolute Gasteiger partial charge is 0.324 e. The van der Waals surface area contributed by atoms with E-state index in [9.17, 15) is 0 Å². The third-order valence-electron chi connectivity index (χ3n) is 0.204. The molecule has 0 bridgehead atoms. The van der Waals surface area contributed by atoms with Crippen LogP contribution in [0.15, 0.2) is 12.7 Å². The van der Waals surface area contributed by atoms with Gasteiger partial charge in [0, 0.05) is 0 Å². The Balaban J connectivity index is 0. The summed E-state index contributed by atoms with van der Waals surface area (Å²) < 4.78 is 8.46. The number of hydrogen-bond acceptors (Lipinski definition) is 1. The number of hydrogen-bond donors (Lipinski definition) is 1. The molecule has 0 aliphatic heterocycles. The summed E-state index contributed by atoms with van der Waals surface area (Å²) in [5.74, 6) is 0. The molecule has 0 fully saturated rings. The quantitative estimate of drug-likeness (QED) is 0.366. The number of rotatable bonds is 1. The molecule has 0 aliphatic rings. The predicted molar refractivity (Wildman–Crippen MR) is 24.8 cm³/mol. The fourth-order valence-electron chi connectivity index (χ4n) is 0. The van der Waals surface area contributed by atoms with Crippen LogP contribution in [0.5, 0.6) is 0 Å². The van der Waals surface area contributed by atoms with Crippen LogP contribution in [0.3, 0.4) is 0 Å². The van der Waals surface area contributed by atoms with E-state index in [0.717, 1.165) is 0 Å². The minimum Gasteiger partial charge on any atom is -0.310 e. The van der Waals surface area contributed by atoms with Gasteiger partial charge >= 0.3 is 44.7 Å². The topological polar surface area (TPSA) is 37.3 Å². The van der Waals surface area contributed by atoms with Gasteiger partial charge in [0.2, 0.25) is 0 Å². The minimum absolute atomic E-state index is 0.833. The summed E-state index contributed by atoms with van der Waals surface area (Å²) in [5, 5.41) is 1.21. The molecule has 0 spiro atoms. The molecule has 4 heteroatoms. The first-order valence-corrected chi connectivity index (χ1v) is 4.56. The average molecular weight is 170 g/mol. The SMILES string of the molecule is C=C[CH2][Zn].O=PO. The van der Waals surface area contributed by atoms with Crippen molar-refractivity contribution in [2.75, 3.05) is 0 Å². The molecular weight excluding hydrogens is 164 g/mol. The fourth-order valence-corrected chi connectivity index (χ4v) is 0. The van der Waals surface area contributed by atoms with Gasteiger partial charge in [-0.05, 0) is 0 Å². The van der Waals surface area contributed by atoms with Gasteiger partial charge in [0.25, 0.3) is 0 Å². The monoisotopic (exact) mass is 169 g/mol. The molecule has 7 heavy (non-hydrogen) atoms. The molecule has 2 nitrogen and oxygen atoms in total. The molecule has 1 N–H and O–H groups in total. The Morgan fingerprint density at radius 1 is 2.00 bits per heavy atom. The van der Waals surface area contributed by atoms with Crippen LogP contribution >= 0.6 is 8.69 Å². The maximum atomic E-state index is 8.46. The van der Waals surface area contributed by atoms with E-state index in [2.05, 4.69) is 6.58 Å². The first-order chi connectivity index (χ1) is 3.33. The first-order valence-electron chi connectivity index (χ1n) is 1.70. The molecule has 0 aromatic rings. The van der Waals surface area contributed by atoms with Crippen LogP contribution in [0, 0.1) is 0 Å². The standard InChI is InChI=1S/C3H5.HO2P.Zn/c2*1-3-2;/h3H,1-2H2;(H,1,2);. The van der Waals surface area contributed by atoms with Crippen LogP contribution in [0.2, 0.25) is 5.02 Å². The molecule has 0 aromatic heterocycles. The maximum Gasteiger partial charge on any atom is 0.324 e. The molecule has 37 valence electrons. The van der Waals surface area contributed by atoms with E-state index in [1.807, 2.05) is 6.08 Å². The summed E-state index contributed by atoms with van der Waals surface area (Å²) in [7, 11) is -0.833. The Kier molecular flexibility index (Phi) is 24.0. The van der Waals surface area contributed by atoms with Gasteiger partial charge in [-0.2, -0.15) is 0 Å². The summed E-state index contributed by atoms with van der Waals surface area (Å²) in [6, 6.07) is 0. The molecule has 0 saturated heterocycles. The van der Waals surface area contributed by atoms with Gasteiger partial charge in [-0.15, -0.1) is 0 Å². The van der Waals surface area contributed by atoms with Crippen molar-refractivity contribution in [1.82, 2.24) is 0 Å². The summed E-state index contributed by atoms with van der Waals surface area (Å²) in [6.07, 6.45) is 1.93. The second-order valence-electron chi connectivity index (χ2n) is 0.659. The van der Waals surface area contributed by atoms with E-state index < -0.39 is 8.69 Å². The van der Waals surface area contributed by atoms with E-state index in [4.69, 9.17) is 9.46 Å². The van der Waals surface area contributed by atoms with Gasteiger partial charge in [0.15, 0.2) is 0 Å². The first kappa shape index (κ1) is 10.4. The van der Waals surface area contributed by atoms with Gasteiger partial charge < -0.3 is 4.89 Å². The summed E-state index contributed by atoms with van der Waals surface area (Å²) in [5.41, 5.74) is 0. The normalized spacial score (nSPS) is 6.71. The van der Waals surface area contributed by atoms with E-state index in [1.165, 1.54) is 23.3 Å². The van der Waals surface area contributed by atoms with Crippen LogP contribution in [0.4, 0.5) is 0 Å². The second-order valence-corrected chi connectivity index (χ2v) is 2.03. The van der Waals surface area contributed by atoms with Gasteiger partial charge in [-0.25, -0.2) is 4.57 Å². The third-order valence-corrected chi connectivity index (χ3v) is 1.06. The molecule has 0 atom stereocenters. The van der Waals surface area contributed by atoms with E-state index in [-0.39, 0.29) is 0 Å². The van der Waals surface area contributed by atoms with Crippen LogP contribution < -0.4 is 0 Å². The molecular formula is C3H6O2PZn. The molecule has 0 aromatic carbocycles. The molecule has 0 amide bonds. The van der Waals surface area contributed by atoms with E-state index >= 15 is 0 Å². The van der Waals surface area contributed by atoms with Crippen LogP contribution in [-0.4, -0.2) is 4.89 Å². The van der Waals surface area contributed by atoms with Crippen molar-refractivity contribution < 1.29 is 27.8 Å². The van der Waals surface area contributed by atoms with Crippen molar-refractivity contribution in [2.24, 2.45) is 0 Å². The Bertz CT molecular complexity index is 48.2. The Morgan fingerprint density at radius 3 is 2.14 bits per heavy atom. The van der Waals surface area contributed by atoms with Crippen molar-refractivity contribution in [2.45, 2.75) is 5.02 Å². The second kappa shape index (κ2) is 16.1. The van der Waals surface area contributed by atoms with Gasteiger partial charge in [-0.1, -0.05) is 0 Å². The van der Waals surface area contributed by atoms with Gasteiger partial charge in [-0.3, -0.25) is 0 Å². The molecule has 0 aliphatic carbocycles. The third kappa shape index (κ3) is 62.0. The predicted octanol–water partition coefficient (Wildman–Crippen LogP) is 1.32. The summed E-state index contributed by atoms with van der Waals surface area (Å²) in [6.45, 7) is 3.51. The van der Waals surface area contributed by atoms with Crippen LogP contribution in [0.1, 0.15) is 0 Å². The fraction of sp³-hybridized carbons (Fsp3) is 0.333. The van der Waals surface area contributed by atoms with Gasteiger partial charge in [0.05, 0.1) is 0 Å². The molecule has 0 radical (unpaired) electrons. The molecule has 0 unspecified atom stereocenters. The van der Waals surface area contributed by atoms with E-state index in [1.54, 1.807) is 0 Å². The Hall–Kier alpha value is 0.423.